The number of rotatable bonds is 12. The van der Waals surface area contributed by atoms with Crippen molar-refractivity contribution in [1.29, 1.82) is 0 Å². The lowest BCUT2D eigenvalue weighted by Gasteiger charge is -2.24. The lowest BCUT2D eigenvalue weighted by atomic mass is 10.2. The molecule has 3 rings (SSSR count). The van der Waals surface area contributed by atoms with Gasteiger partial charge in [0.05, 0.1) is 38.3 Å². The van der Waals surface area contributed by atoms with Gasteiger partial charge in [0.15, 0.2) is 17.0 Å². The van der Waals surface area contributed by atoms with Crippen LogP contribution in [0.3, 0.4) is 0 Å². The number of anilines is 1. The molecule has 2 heterocycles. The highest BCUT2D eigenvalue weighted by Crippen LogP contribution is 2.49. The second-order valence-corrected chi connectivity index (χ2v) is 8.83. The van der Waals surface area contributed by atoms with E-state index >= 15 is 0 Å². The predicted molar refractivity (Wildman–Crippen MR) is 111 cm³/mol. The van der Waals surface area contributed by atoms with Gasteiger partial charge >= 0.3 is 13.6 Å². The number of methoxy groups -OCH3 is 1. The SMILES string of the molecule is CCOP(=O)(COC1CCCC1n1cnc2c(N)nc(OCCOC)nc21)OCC. The average molecular weight is 443 g/mol. The fourth-order valence-corrected chi connectivity index (χ4v) is 4.94. The molecule has 12 heteroatoms. The zero-order valence-electron chi connectivity index (χ0n) is 17.7. The summed E-state index contributed by atoms with van der Waals surface area (Å²) in [7, 11) is -1.69. The number of aromatic nitrogens is 4. The number of fused-ring (bicyclic) bond motifs is 1. The largest absolute Gasteiger partial charge is 0.461 e. The molecule has 1 aliphatic carbocycles. The molecule has 0 bridgehead atoms. The molecule has 30 heavy (non-hydrogen) atoms. The van der Waals surface area contributed by atoms with Gasteiger partial charge in [0, 0.05) is 7.11 Å². The summed E-state index contributed by atoms with van der Waals surface area (Å²) in [5.74, 6) is 0.249. The molecule has 1 aliphatic rings. The van der Waals surface area contributed by atoms with Crippen LogP contribution >= 0.6 is 7.60 Å². The first kappa shape index (κ1) is 22.9. The third-order valence-corrected chi connectivity index (χ3v) is 6.59. The summed E-state index contributed by atoms with van der Waals surface area (Å²) in [4.78, 5) is 13.0. The quantitative estimate of drug-likeness (QED) is 0.385. The highest BCUT2D eigenvalue weighted by Gasteiger charge is 2.34. The predicted octanol–water partition coefficient (Wildman–Crippen LogP) is 2.77. The molecule has 2 unspecified atom stereocenters. The van der Waals surface area contributed by atoms with E-state index in [9.17, 15) is 4.57 Å². The van der Waals surface area contributed by atoms with E-state index in [-0.39, 0.29) is 30.3 Å². The molecule has 11 nitrogen and oxygen atoms in total. The molecule has 2 N–H and O–H groups in total. The van der Waals surface area contributed by atoms with Crippen molar-refractivity contribution in [3.8, 4) is 6.01 Å². The van der Waals surface area contributed by atoms with Crippen molar-refractivity contribution >= 4 is 24.6 Å². The zero-order valence-corrected chi connectivity index (χ0v) is 18.5. The van der Waals surface area contributed by atoms with Crippen LogP contribution in [0.15, 0.2) is 6.33 Å². The Hall–Kier alpha value is -1.78. The van der Waals surface area contributed by atoms with Crippen molar-refractivity contribution in [3.63, 3.8) is 0 Å². The third-order valence-electron chi connectivity index (χ3n) is 4.82. The smallest absolute Gasteiger partial charge is 0.356 e. The first-order valence-electron chi connectivity index (χ1n) is 10.1. The van der Waals surface area contributed by atoms with E-state index < -0.39 is 7.60 Å². The Morgan fingerprint density at radius 3 is 2.67 bits per heavy atom. The molecule has 168 valence electrons. The van der Waals surface area contributed by atoms with E-state index in [0.717, 1.165) is 19.3 Å². The summed E-state index contributed by atoms with van der Waals surface area (Å²) < 4.78 is 41.9. The van der Waals surface area contributed by atoms with Crippen LogP contribution in [-0.4, -0.2) is 65.5 Å². The molecule has 2 aromatic rings. The lowest BCUT2D eigenvalue weighted by molar-refractivity contribution is 0.0454. The molecule has 2 atom stereocenters. The summed E-state index contributed by atoms with van der Waals surface area (Å²) in [6.45, 7) is 4.87. The number of nitrogen functional groups attached to an aromatic ring is 1. The van der Waals surface area contributed by atoms with E-state index in [1.165, 1.54) is 0 Å². The molecule has 1 fully saturated rings. The van der Waals surface area contributed by atoms with Crippen LogP contribution in [-0.2, 0) is 23.1 Å². The zero-order chi connectivity index (χ0) is 21.6. The van der Waals surface area contributed by atoms with Gasteiger partial charge in [0.2, 0.25) is 0 Å². The van der Waals surface area contributed by atoms with Gasteiger partial charge in [0.1, 0.15) is 13.0 Å². The Bertz CT molecular complexity index is 868. The van der Waals surface area contributed by atoms with Gasteiger partial charge in [-0.05, 0) is 33.1 Å². The van der Waals surface area contributed by atoms with E-state index in [1.807, 2.05) is 4.57 Å². The first-order chi connectivity index (χ1) is 14.5. The first-order valence-corrected chi connectivity index (χ1v) is 11.9. The van der Waals surface area contributed by atoms with Gasteiger partial charge in [-0.2, -0.15) is 9.97 Å². The summed E-state index contributed by atoms with van der Waals surface area (Å²) in [6.07, 6.45) is 4.07. The molecule has 0 spiro atoms. The Morgan fingerprint density at radius 2 is 1.97 bits per heavy atom. The Morgan fingerprint density at radius 1 is 1.20 bits per heavy atom. The second kappa shape index (κ2) is 10.5. The topological polar surface area (TPSA) is 133 Å². The standard InChI is InChI=1S/C18H30N5O6P/c1-4-28-30(24,29-5-2)12-27-14-8-6-7-13(14)23-11-20-15-16(19)21-18(22-17(15)23)26-10-9-25-3/h11,13-14H,4-10,12H2,1-3H3,(H2,19,21,22). The van der Waals surface area contributed by atoms with Crippen LogP contribution in [0.5, 0.6) is 6.01 Å². The fourth-order valence-electron chi connectivity index (χ4n) is 3.55. The molecule has 0 aliphatic heterocycles. The number of imidazole rings is 1. The van der Waals surface area contributed by atoms with Gasteiger partial charge in [0.25, 0.3) is 0 Å². The van der Waals surface area contributed by atoms with Crippen molar-refractivity contribution in [2.45, 2.75) is 45.3 Å². The van der Waals surface area contributed by atoms with Crippen LogP contribution in [0.2, 0.25) is 0 Å². The lowest BCUT2D eigenvalue weighted by Crippen LogP contribution is -2.23. The van der Waals surface area contributed by atoms with Gasteiger partial charge in [-0.15, -0.1) is 0 Å². The third kappa shape index (κ3) is 5.28. The summed E-state index contributed by atoms with van der Waals surface area (Å²) in [6, 6.07) is 0.138. The van der Waals surface area contributed by atoms with Crippen LogP contribution in [0.25, 0.3) is 11.2 Å². The monoisotopic (exact) mass is 443 g/mol. The molecule has 1 saturated carbocycles. The van der Waals surface area contributed by atoms with Crippen molar-refractivity contribution in [2.24, 2.45) is 0 Å². The van der Waals surface area contributed by atoms with Crippen molar-refractivity contribution in [3.05, 3.63) is 6.33 Å². The minimum Gasteiger partial charge on any atom is -0.461 e. The van der Waals surface area contributed by atoms with Crippen LogP contribution in [0.1, 0.15) is 39.2 Å². The summed E-state index contributed by atoms with van der Waals surface area (Å²) >= 11 is 0. The highest BCUT2D eigenvalue weighted by molar-refractivity contribution is 7.53. The molecular formula is C18H30N5O6P. The van der Waals surface area contributed by atoms with Crippen molar-refractivity contribution < 1.29 is 27.8 Å². The minimum absolute atomic E-state index is 0.0344. The van der Waals surface area contributed by atoms with Gasteiger partial charge in [-0.25, -0.2) is 4.98 Å². The number of ether oxygens (including phenoxy) is 3. The average Bonchev–Trinajstić information content (AvgIpc) is 3.33. The van der Waals surface area contributed by atoms with Crippen molar-refractivity contribution in [1.82, 2.24) is 19.5 Å². The maximum atomic E-state index is 12.7. The maximum Gasteiger partial charge on any atom is 0.356 e. The normalized spacial score (nSPS) is 19.6. The summed E-state index contributed by atoms with van der Waals surface area (Å²) in [5.41, 5.74) is 7.14. The molecule has 2 aromatic heterocycles. The fraction of sp³-hybridized carbons (Fsp3) is 0.722. The molecular weight excluding hydrogens is 413 g/mol. The summed E-state index contributed by atoms with van der Waals surface area (Å²) in [5, 5.41) is 0. The van der Waals surface area contributed by atoms with Crippen LogP contribution < -0.4 is 10.5 Å². The van der Waals surface area contributed by atoms with Gasteiger partial charge in [-0.3, -0.25) is 4.57 Å². The van der Waals surface area contributed by atoms with Gasteiger partial charge < -0.3 is 33.6 Å². The maximum absolute atomic E-state index is 12.7. The Balaban J connectivity index is 1.79. The number of hydrogen-bond donors (Lipinski definition) is 1. The molecule has 0 amide bonds. The van der Waals surface area contributed by atoms with E-state index in [0.29, 0.717) is 37.6 Å². The number of nitrogens with zero attached hydrogens (tertiary/aromatic N) is 4. The van der Waals surface area contributed by atoms with Crippen LogP contribution in [0.4, 0.5) is 5.82 Å². The Kier molecular flexibility index (Phi) is 8.01. The van der Waals surface area contributed by atoms with E-state index in [1.54, 1.807) is 27.3 Å². The van der Waals surface area contributed by atoms with Crippen LogP contribution in [0, 0.1) is 0 Å². The Labute approximate surface area is 175 Å². The second-order valence-electron chi connectivity index (χ2n) is 6.84. The van der Waals surface area contributed by atoms with E-state index in [2.05, 4.69) is 15.0 Å². The molecule has 0 radical (unpaired) electrons. The molecule has 0 saturated heterocycles. The molecule has 0 aromatic carbocycles. The number of nitrogens with two attached hydrogens (primary N) is 1. The minimum atomic E-state index is -3.28. The highest BCUT2D eigenvalue weighted by atomic mass is 31.2. The van der Waals surface area contributed by atoms with Crippen molar-refractivity contribution in [2.75, 3.05) is 45.6 Å². The number of hydrogen-bond acceptors (Lipinski definition) is 10. The van der Waals surface area contributed by atoms with E-state index in [4.69, 9.17) is 29.0 Å². The van der Waals surface area contributed by atoms with Gasteiger partial charge in [-0.1, -0.05) is 0 Å².